The predicted octanol–water partition coefficient (Wildman–Crippen LogP) is 2.99. The maximum atomic E-state index is 5.72. The molecular weight excluding hydrogens is 244 g/mol. The molecule has 3 nitrogen and oxygen atoms in total. The number of benzene rings is 1. The van der Waals surface area contributed by atoms with E-state index in [-0.39, 0.29) is 0 Å². The molecule has 0 aliphatic heterocycles. The molecule has 2 N–H and O–H groups in total. The molecule has 0 radical (unpaired) electrons. The van der Waals surface area contributed by atoms with Crippen LogP contribution in [0.4, 0.5) is 5.82 Å². The third-order valence-electron chi connectivity index (χ3n) is 2.03. The molecule has 1 aromatic carbocycles. The molecule has 14 heavy (non-hydrogen) atoms. The van der Waals surface area contributed by atoms with Crippen LogP contribution >= 0.6 is 15.9 Å². The molecule has 0 atom stereocenters. The molecule has 0 bridgehead atoms. The molecule has 72 valence electrons. The fraction of sp³-hybridized carbons (Fsp3) is 0.100. The number of anilines is 1. The Labute approximate surface area is 90.0 Å². The number of aromatic nitrogens is 1. The molecule has 0 aliphatic rings. The Morgan fingerprint density at radius 1 is 1.36 bits per heavy atom. The van der Waals surface area contributed by atoms with Crippen LogP contribution in [0.5, 0.6) is 0 Å². The van der Waals surface area contributed by atoms with Gasteiger partial charge < -0.3 is 10.3 Å². The van der Waals surface area contributed by atoms with Gasteiger partial charge in [0.05, 0.1) is 5.56 Å². The van der Waals surface area contributed by atoms with E-state index >= 15 is 0 Å². The van der Waals surface area contributed by atoms with Crippen LogP contribution < -0.4 is 5.73 Å². The molecule has 0 saturated heterocycles. The van der Waals surface area contributed by atoms with E-state index in [0.717, 1.165) is 21.4 Å². The monoisotopic (exact) mass is 252 g/mol. The van der Waals surface area contributed by atoms with E-state index in [9.17, 15) is 0 Å². The first-order chi connectivity index (χ1) is 6.70. The van der Waals surface area contributed by atoms with Crippen LogP contribution in [0, 0.1) is 6.92 Å². The molecule has 2 aromatic rings. The van der Waals surface area contributed by atoms with Gasteiger partial charge in [0.15, 0.2) is 5.82 Å². The van der Waals surface area contributed by atoms with Gasteiger partial charge in [0.2, 0.25) is 0 Å². The number of nitrogens with zero attached hydrogens (tertiary/aromatic N) is 1. The largest absolute Gasteiger partial charge is 0.380 e. The van der Waals surface area contributed by atoms with E-state index in [1.165, 1.54) is 0 Å². The lowest BCUT2D eigenvalue weighted by Crippen LogP contribution is -1.88. The first-order valence-electron chi connectivity index (χ1n) is 4.17. The summed E-state index contributed by atoms with van der Waals surface area (Å²) in [5.41, 5.74) is 7.58. The van der Waals surface area contributed by atoms with Gasteiger partial charge in [-0.15, -0.1) is 0 Å². The highest BCUT2D eigenvalue weighted by Crippen LogP contribution is 2.33. The van der Waals surface area contributed by atoms with Crippen molar-refractivity contribution in [2.24, 2.45) is 0 Å². The maximum Gasteiger partial charge on any atom is 0.175 e. The SMILES string of the molecule is Cc1onc(N)c1-c1ccccc1Br. The lowest BCUT2D eigenvalue weighted by Gasteiger charge is -2.01. The van der Waals surface area contributed by atoms with Crippen molar-refractivity contribution in [1.82, 2.24) is 5.16 Å². The third kappa shape index (κ3) is 1.42. The molecule has 0 unspecified atom stereocenters. The van der Waals surface area contributed by atoms with Crippen molar-refractivity contribution in [3.8, 4) is 11.1 Å². The number of rotatable bonds is 1. The second kappa shape index (κ2) is 3.46. The topological polar surface area (TPSA) is 52.0 Å². The van der Waals surface area contributed by atoms with Gasteiger partial charge in [-0.25, -0.2) is 0 Å². The van der Waals surface area contributed by atoms with Gasteiger partial charge in [0, 0.05) is 10.0 Å². The van der Waals surface area contributed by atoms with Gasteiger partial charge in [-0.1, -0.05) is 39.3 Å². The summed E-state index contributed by atoms with van der Waals surface area (Å²) >= 11 is 3.46. The van der Waals surface area contributed by atoms with Crippen LogP contribution in [0.15, 0.2) is 33.3 Å². The van der Waals surface area contributed by atoms with Crippen molar-refractivity contribution in [3.63, 3.8) is 0 Å². The molecule has 0 saturated carbocycles. The van der Waals surface area contributed by atoms with Gasteiger partial charge in [0.25, 0.3) is 0 Å². The molecule has 1 aromatic heterocycles. The lowest BCUT2D eigenvalue weighted by atomic mass is 10.1. The molecule has 0 fully saturated rings. The zero-order valence-corrected chi connectivity index (χ0v) is 9.21. The summed E-state index contributed by atoms with van der Waals surface area (Å²) in [6.45, 7) is 1.85. The number of aryl methyl sites for hydroxylation is 1. The van der Waals surface area contributed by atoms with Crippen LogP contribution in [0.25, 0.3) is 11.1 Å². The van der Waals surface area contributed by atoms with Gasteiger partial charge in [-0.05, 0) is 13.0 Å². The van der Waals surface area contributed by atoms with Crippen LogP contribution in [-0.4, -0.2) is 5.16 Å². The fourth-order valence-corrected chi connectivity index (χ4v) is 1.86. The summed E-state index contributed by atoms with van der Waals surface area (Å²) in [6, 6.07) is 7.83. The van der Waals surface area contributed by atoms with E-state index in [2.05, 4.69) is 21.1 Å². The Morgan fingerprint density at radius 2 is 2.07 bits per heavy atom. The molecular formula is C10H9BrN2O. The highest BCUT2D eigenvalue weighted by Gasteiger charge is 2.13. The maximum absolute atomic E-state index is 5.72. The highest BCUT2D eigenvalue weighted by atomic mass is 79.9. The van der Waals surface area contributed by atoms with Crippen molar-refractivity contribution in [2.75, 3.05) is 5.73 Å². The quantitative estimate of drug-likeness (QED) is 0.849. The fourth-order valence-electron chi connectivity index (χ4n) is 1.38. The predicted molar refractivity (Wildman–Crippen MR) is 58.8 cm³/mol. The van der Waals surface area contributed by atoms with Gasteiger partial charge in [-0.2, -0.15) is 0 Å². The lowest BCUT2D eigenvalue weighted by molar-refractivity contribution is 0.401. The number of nitrogens with two attached hydrogens (primary N) is 1. The number of halogens is 1. The van der Waals surface area contributed by atoms with E-state index < -0.39 is 0 Å². The van der Waals surface area contributed by atoms with Crippen molar-refractivity contribution in [1.29, 1.82) is 0 Å². The van der Waals surface area contributed by atoms with Crippen molar-refractivity contribution in [2.45, 2.75) is 6.92 Å². The zero-order chi connectivity index (χ0) is 10.1. The number of nitrogen functional groups attached to an aromatic ring is 1. The van der Waals surface area contributed by atoms with Crippen molar-refractivity contribution < 1.29 is 4.52 Å². The number of hydrogen-bond donors (Lipinski definition) is 1. The Kier molecular flexibility index (Phi) is 2.29. The standard InChI is InChI=1S/C10H9BrN2O/c1-6-9(10(12)13-14-6)7-4-2-3-5-8(7)11/h2-5H,1H3,(H2,12,13). The number of hydrogen-bond acceptors (Lipinski definition) is 3. The van der Waals surface area contributed by atoms with E-state index in [1.54, 1.807) is 0 Å². The van der Waals surface area contributed by atoms with Crippen LogP contribution in [0.2, 0.25) is 0 Å². The van der Waals surface area contributed by atoms with Crippen LogP contribution in [-0.2, 0) is 0 Å². The average Bonchev–Trinajstić information content (AvgIpc) is 2.48. The van der Waals surface area contributed by atoms with Crippen LogP contribution in [0.1, 0.15) is 5.76 Å². The summed E-state index contributed by atoms with van der Waals surface area (Å²) in [5.74, 6) is 1.16. The van der Waals surface area contributed by atoms with Crippen molar-refractivity contribution >= 4 is 21.7 Å². The first-order valence-corrected chi connectivity index (χ1v) is 4.96. The minimum Gasteiger partial charge on any atom is -0.380 e. The molecule has 0 spiro atoms. The van der Waals surface area contributed by atoms with Gasteiger partial charge in [-0.3, -0.25) is 0 Å². The second-order valence-corrected chi connectivity index (χ2v) is 3.83. The molecule has 0 aliphatic carbocycles. The normalized spacial score (nSPS) is 10.4. The molecule has 2 rings (SSSR count). The molecule has 0 amide bonds. The second-order valence-electron chi connectivity index (χ2n) is 2.98. The van der Waals surface area contributed by atoms with Gasteiger partial charge in [0.1, 0.15) is 5.76 Å². The minimum absolute atomic E-state index is 0.425. The average molecular weight is 253 g/mol. The summed E-state index contributed by atoms with van der Waals surface area (Å²) in [7, 11) is 0. The molecule has 4 heteroatoms. The molecule has 1 heterocycles. The van der Waals surface area contributed by atoms with E-state index in [1.807, 2.05) is 31.2 Å². The van der Waals surface area contributed by atoms with Crippen LogP contribution in [0.3, 0.4) is 0 Å². The summed E-state index contributed by atoms with van der Waals surface area (Å²) in [5, 5.41) is 3.72. The van der Waals surface area contributed by atoms with Crippen molar-refractivity contribution in [3.05, 3.63) is 34.5 Å². The summed E-state index contributed by atoms with van der Waals surface area (Å²) < 4.78 is 5.99. The Morgan fingerprint density at radius 3 is 2.64 bits per heavy atom. The summed E-state index contributed by atoms with van der Waals surface area (Å²) in [6.07, 6.45) is 0. The first kappa shape index (κ1) is 9.27. The smallest absolute Gasteiger partial charge is 0.175 e. The highest BCUT2D eigenvalue weighted by molar-refractivity contribution is 9.10. The Balaban J connectivity index is 2.66. The summed E-state index contributed by atoms with van der Waals surface area (Å²) in [4.78, 5) is 0. The van der Waals surface area contributed by atoms with E-state index in [0.29, 0.717) is 5.82 Å². The Hall–Kier alpha value is -1.29. The zero-order valence-electron chi connectivity index (χ0n) is 7.62. The Bertz CT molecular complexity index is 445. The van der Waals surface area contributed by atoms with Gasteiger partial charge >= 0.3 is 0 Å². The third-order valence-corrected chi connectivity index (χ3v) is 2.72. The van der Waals surface area contributed by atoms with E-state index in [4.69, 9.17) is 10.3 Å². The minimum atomic E-state index is 0.425.